The van der Waals surface area contributed by atoms with Crippen molar-refractivity contribution in [1.82, 2.24) is 10.6 Å². The first-order chi connectivity index (χ1) is 8.74. The van der Waals surface area contributed by atoms with Crippen molar-refractivity contribution in [2.45, 2.75) is 38.1 Å². The zero-order chi connectivity index (χ0) is 12.8. The molecule has 1 aromatic rings. The van der Waals surface area contributed by atoms with Crippen molar-refractivity contribution in [3.8, 4) is 0 Å². The first-order valence-electron chi connectivity index (χ1n) is 6.53. The summed E-state index contributed by atoms with van der Waals surface area (Å²) in [4.78, 5) is 11.3. The third-order valence-corrected chi connectivity index (χ3v) is 3.00. The highest BCUT2D eigenvalue weighted by Gasteiger charge is 2.22. The van der Waals surface area contributed by atoms with Crippen LogP contribution in [-0.4, -0.2) is 18.6 Å². The van der Waals surface area contributed by atoms with Gasteiger partial charge >= 0.3 is 6.03 Å². The molecule has 1 saturated carbocycles. The summed E-state index contributed by atoms with van der Waals surface area (Å²) < 4.78 is 12.7. The van der Waals surface area contributed by atoms with E-state index in [1.54, 1.807) is 0 Å². The van der Waals surface area contributed by atoms with Gasteiger partial charge in [0.25, 0.3) is 0 Å². The van der Waals surface area contributed by atoms with E-state index in [1.165, 1.54) is 12.1 Å². The molecule has 1 fully saturated rings. The van der Waals surface area contributed by atoms with Crippen molar-refractivity contribution in [3.05, 3.63) is 35.6 Å². The molecule has 2 amide bonds. The van der Waals surface area contributed by atoms with Gasteiger partial charge < -0.3 is 10.6 Å². The monoisotopic (exact) mass is 250 g/mol. The number of carbonyl (C=O) groups is 1. The van der Waals surface area contributed by atoms with E-state index in [2.05, 4.69) is 10.6 Å². The molecule has 0 aromatic heterocycles. The summed E-state index contributed by atoms with van der Waals surface area (Å²) in [6.45, 7) is 0.694. The SMILES string of the molecule is O=C(NCCCCc1ccc(F)cc1)NC1CC1. The van der Waals surface area contributed by atoms with Crippen molar-refractivity contribution < 1.29 is 9.18 Å². The largest absolute Gasteiger partial charge is 0.338 e. The average Bonchev–Trinajstić information content (AvgIpc) is 3.15. The van der Waals surface area contributed by atoms with Crippen molar-refractivity contribution in [2.24, 2.45) is 0 Å². The van der Waals surface area contributed by atoms with Crippen LogP contribution in [0.1, 0.15) is 31.2 Å². The van der Waals surface area contributed by atoms with Gasteiger partial charge in [-0.3, -0.25) is 0 Å². The summed E-state index contributed by atoms with van der Waals surface area (Å²) in [6, 6.07) is 6.93. The molecule has 0 aliphatic heterocycles. The minimum absolute atomic E-state index is 0.0562. The van der Waals surface area contributed by atoms with E-state index in [0.29, 0.717) is 12.6 Å². The summed E-state index contributed by atoms with van der Waals surface area (Å²) in [6.07, 6.45) is 5.08. The Morgan fingerprint density at radius 2 is 1.94 bits per heavy atom. The topological polar surface area (TPSA) is 41.1 Å². The molecule has 0 atom stereocenters. The van der Waals surface area contributed by atoms with Crippen LogP contribution < -0.4 is 10.6 Å². The minimum Gasteiger partial charge on any atom is -0.338 e. The van der Waals surface area contributed by atoms with Gasteiger partial charge in [0.1, 0.15) is 5.82 Å². The number of urea groups is 1. The lowest BCUT2D eigenvalue weighted by molar-refractivity contribution is 0.240. The molecule has 0 unspecified atom stereocenters. The van der Waals surface area contributed by atoms with Crippen LogP contribution in [0.2, 0.25) is 0 Å². The summed E-state index contributed by atoms with van der Waals surface area (Å²) in [7, 11) is 0. The molecule has 98 valence electrons. The molecule has 0 bridgehead atoms. The van der Waals surface area contributed by atoms with Crippen molar-refractivity contribution in [2.75, 3.05) is 6.54 Å². The predicted molar refractivity (Wildman–Crippen MR) is 68.9 cm³/mol. The fourth-order valence-electron chi connectivity index (χ4n) is 1.77. The van der Waals surface area contributed by atoms with E-state index < -0.39 is 0 Å². The second kappa shape index (κ2) is 6.38. The van der Waals surface area contributed by atoms with E-state index in [4.69, 9.17) is 0 Å². The van der Waals surface area contributed by atoms with Gasteiger partial charge in [0.15, 0.2) is 0 Å². The van der Waals surface area contributed by atoms with Gasteiger partial charge in [0, 0.05) is 12.6 Å². The van der Waals surface area contributed by atoms with E-state index in [0.717, 1.165) is 37.7 Å². The van der Waals surface area contributed by atoms with Crippen LogP contribution >= 0.6 is 0 Å². The predicted octanol–water partition coefficient (Wildman–Crippen LogP) is 2.61. The van der Waals surface area contributed by atoms with Crippen LogP contribution in [0.3, 0.4) is 0 Å². The van der Waals surface area contributed by atoms with Crippen LogP contribution in [0.5, 0.6) is 0 Å². The Morgan fingerprint density at radius 3 is 2.61 bits per heavy atom. The number of hydrogen-bond donors (Lipinski definition) is 2. The third-order valence-electron chi connectivity index (χ3n) is 3.00. The zero-order valence-corrected chi connectivity index (χ0v) is 10.4. The molecule has 2 rings (SSSR count). The summed E-state index contributed by atoms with van der Waals surface area (Å²) in [5, 5.41) is 5.72. The first kappa shape index (κ1) is 12.9. The lowest BCUT2D eigenvalue weighted by atomic mass is 10.1. The Balaban J connectivity index is 1.52. The van der Waals surface area contributed by atoms with E-state index in [-0.39, 0.29) is 11.8 Å². The third kappa shape index (κ3) is 4.73. The Labute approximate surface area is 107 Å². The summed E-state index contributed by atoms with van der Waals surface area (Å²) in [5.74, 6) is -0.197. The Bertz CT molecular complexity index is 387. The van der Waals surface area contributed by atoms with Crippen molar-refractivity contribution in [3.63, 3.8) is 0 Å². The van der Waals surface area contributed by atoms with Crippen LogP contribution in [0.4, 0.5) is 9.18 Å². The highest BCUT2D eigenvalue weighted by Crippen LogP contribution is 2.18. The maximum Gasteiger partial charge on any atom is 0.315 e. The maximum atomic E-state index is 12.7. The maximum absolute atomic E-state index is 12.7. The molecule has 0 heterocycles. The van der Waals surface area contributed by atoms with Crippen LogP contribution in [0, 0.1) is 5.82 Å². The molecule has 18 heavy (non-hydrogen) atoms. The van der Waals surface area contributed by atoms with Crippen molar-refractivity contribution in [1.29, 1.82) is 0 Å². The number of nitrogens with one attached hydrogen (secondary N) is 2. The first-order valence-corrected chi connectivity index (χ1v) is 6.53. The van der Waals surface area contributed by atoms with Gasteiger partial charge in [-0.2, -0.15) is 0 Å². The molecule has 4 heteroatoms. The minimum atomic E-state index is -0.197. The summed E-state index contributed by atoms with van der Waals surface area (Å²) >= 11 is 0. The Morgan fingerprint density at radius 1 is 1.22 bits per heavy atom. The molecule has 1 aliphatic carbocycles. The molecule has 2 N–H and O–H groups in total. The quantitative estimate of drug-likeness (QED) is 0.749. The van der Waals surface area contributed by atoms with Crippen LogP contribution in [0.15, 0.2) is 24.3 Å². The van der Waals surface area contributed by atoms with Crippen molar-refractivity contribution >= 4 is 6.03 Å². The number of hydrogen-bond acceptors (Lipinski definition) is 1. The number of carbonyl (C=O) groups excluding carboxylic acids is 1. The smallest absolute Gasteiger partial charge is 0.315 e. The highest BCUT2D eigenvalue weighted by atomic mass is 19.1. The highest BCUT2D eigenvalue weighted by molar-refractivity contribution is 5.74. The van der Waals surface area contributed by atoms with Gasteiger partial charge in [0.2, 0.25) is 0 Å². The lowest BCUT2D eigenvalue weighted by Gasteiger charge is -2.06. The fourth-order valence-corrected chi connectivity index (χ4v) is 1.77. The Kier molecular flexibility index (Phi) is 4.56. The van der Waals surface area contributed by atoms with Gasteiger partial charge in [-0.25, -0.2) is 9.18 Å². The zero-order valence-electron chi connectivity index (χ0n) is 10.4. The molecule has 0 spiro atoms. The van der Waals surface area contributed by atoms with E-state index >= 15 is 0 Å². The average molecular weight is 250 g/mol. The van der Waals surface area contributed by atoms with E-state index in [9.17, 15) is 9.18 Å². The lowest BCUT2D eigenvalue weighted by Crippen LogP contribution is -2.37. The van der Waals surface area contributed by atoms with Crippen LogP contribution in [-0.2, 0) is 6.42 Å². The second-order valence-electron chi connectivity index (χ2n) is 4.76. The number of unbranched alkanes of at least 4 members (excludes halogenated alkanes) is 1. The molecule has 0 saturated heterocycles. The van der Waals surface area contributed by atoms with E-state index in [1.807, 2.05) is 12.1 Å². The van der Waals surface area contributed by atoms with Gasteiger partial charge in [-0.1, -0.05) is 12.1 Å². The number of benzene rings is 1. The molecule has 0 radical (unpaired) electrons. The second-order valence-corrected chi connectivity index (χ2v) is 4.76. The molecular weight excluding hydrogens is 231 g/mol. The summed E-state index contributed by atoms with van der Waals surface area (Å²) in [5.41, 5.74) is 1.14. The normalized spacial score (nSPS) is 14.3. The van der Waals surface area contributed by atoms with Crippen LogP contribution in [0.25, 0.3) is 0 Å². The number of amides is 2. The van der Waals surface area contributed by atoms with Gasteiger partial charge in [0.05, 0.1) is 0 Å². The molecule has 1 aromatic carbocycles. The number of aryl methyl sites for hydroxylation is 1. The molecule has 1 aliphatic rings. The molecular formula is C14H19FN2O. The molecule has 3 nitrogen and oxygen atoms in total. The standard InChI is InChI=1S/C14H19FN2O/c15-12-6-4-11(5-7-12)3-1-2-10-16-14(18)17-13-8-9-13/h4-7,13H,1-3,8-10H2,(H2,16,17,18). The van der Waals surface area contributed by atoms with Gasteiger partial charge in [-0.05, 0) is 49.8 Å². The number of halogens is 1. The number of rotatable bonds is 6. The van der Waals surface area contributed by atoms with Gasteiger partial charge in [-0.15, -0.1) is 0 Å². The fraction of sp³-hybridized carbons (Fsp3) is 0.500. The Hall–Kier alpha value is -1.58.